The molecule has 0 aliphatic heterocycles. The quantitative estimate of drug-likeness (QED) is 0.738. The van der Waals surface area contributed by atoms with Crippen molar-refractivity contribution in [2.45, 2.75) is 70.8 Å². The van der Waals surface area contributed by atoms with Crippen LogP contribution in [0.3, 0.4) is 0 Å². The van der Waals surface area contributed by atoms with Crippen molar-refractivity contribution in [1.82, 2.24) is 0 Å². The Kier molecular flexibility index (Phi) is 7.08. The molecule has 0 radical (unpaired) electrons. The molecule has 2 aliphatic rings. The van der Waals surface area contributed by atoms with Crippen molar-refractivity contribution in [3.63, 3.8) is 0 Å². The van der Waals surface area contributed by atoms with Gasteiger partial charge in [-0.25, -0.2) is 4.79 Å². The van der Waals surface area contributed by atoms with Crippen LogP contribution in [0.25, 0.3) is 0 Å². The van der Waals surface area contributed by atoms with Crippen LogP contribution in [0.2, 0.25) is 0 Å². The van der Waals surface area contributed by atoms with Gasteiger partial charge >= 0.3 is 37.8 Å². The summed E-state index contributed by atoms with van der Waals surface area (Å²) in [5.41, 5.74) is -1.29. The number of rotatable bonds is 3. The summed E-state index contributed by atoms with van der Waals surface area (Å²) in [7, 11) is 0. The molecule has 0 heterocycles. The van der Waals surface area contributed by atoms with Crippen LogP contribution < -0.4 is 0 Å². The van der Waals surface area contributed by atoms with E-state index in [4.69, 9.17) is 4.74 Å². The molecule has 4 unspecified atom stereocenters. The van der Waals surface area contributed by atoms with Crippen molar-refractivity contribution in [3.05, 3.63) is 0 Å². The Morgan fingerprint density at radius 3 is 2.24 bits per heavy atom. The van der Waals surface area contributed by atoms with Crippen molar-refractivity contribution in [1.29, 1.82) is 0 Å². The Bertz CT molecular complexity index is 384. The Morgan fingerprint density at radius 1 is 1.05 bits per heavy atom. The molecular formula is C16H29InO4. The molecule has 4 nitrogen and oxygen atoms in total. The van der Waals surface area contributed by atoms with Crippen LogP contribution >= 0.6 is 0 Å². The van der Waals surface area contributed by atoms with E-state index in [1.54, 1.807) is 0 Å². The van der Waals surface area contributed by atoms with Gasteiger partial charge in [0.2, 0.25) is 5.60 Å². The number of hydrogen-bond donors (Lipinski definition) is 1. The maximum absolute atomic E-state index is 12.4. The summed E-state index contributed by atoms with van der Waals surface area (Å²) in [6.45, 7) is 3.97. The number of carbonyl (C=O) groups excluding carboxylic acids is 1. The van der Waals surface area contributed by atoms with Crippen LogP contribution in [0, 0.1) is 17.8 Å². The second kappa shape index (κ2) is 7.89. The first-order chi connectivity index (χ1) is 9.47. The SMILES string of the molecule is CC1CCCCC1C(=O)OC1(C(=O)O)CCCCC1C.[InH3]. The third kappa shape index (κ3) is 3.96. The summed E-state index contributed by atoms with van der Waals surface area (Å²) in [6, 6.07) is 0. The van der Waals surface area contributed by atoms with Crippen LogP contribution in [0.1, 0.15) is 65.2 Å². The fraction of sp³-hybridized carbons (Fsp3) is 0.875. The van der Waals surface area contributed by atoms with E-state index in [1.807, 2.05) is 6.92 Å². The third-order valence-electron chi connectivity index (χ3n) is 5.29. The van der Waals surface area contributed by atoms with Crippen molar-refractivity contribution in [3.8, 4) is 0 Å². The molecule has 2 rings (SSSR count). The molecule has 2 aliphatic carbocycles. The zero-order valence-corrected chi connectivity index (χ0v) is 12.6. The number of carboxylic acids is 1. The summed E-state index contributed by atoms with van der Waals surface area (Å²) < 4.78 is 5.62. The van der Waals surface area contributed by atoms with Gasteiger partial charge in [-0.05, 0) is 38.0 Å². The number of carbonyl (C=O) groups is 2. The predicted molar refractivity (Wildman–Crippen MR) is 85.2 cm³/mol. The number of hydrogen-bond acceptors (Lipinski definition) is 3. The summed E-state index contributed by atoms with van der Waals surface area (Å²) in [6.07, 6.45) is 7.19. The monoisotopic (exact) mass is 400 g/mol. The first kappa shape index (κ1) is 18.9. The zero-order valence-electron chi connectivity index (χ0n) is 12.6. The minimum atomic E-state index is -1.29. The van der Waals surface area contributed by atoms with E-state index in [-0.39, 0.29) is 43.6 Å². The number of aliphatic carboxylic acids is 1. The molecule has 0 bridgehead atoms. The van der Waals surface area contributed by atoms with E-state index >= 15 is 0 Å². The van der Waals surface area contributed by atoms with Gasteiger partial charge in [-0.3, -0.25) is 4.79 Å². The Balaban J connectivity index is 0.00000220. The van der Waals surface area contributed by atoms with E-state index in [9.17, 15) is 14.7 Å². The minimum absolute atomic E-state index is 0. The summed E-state index contributed by atoms with van der Waals surface area (Å²) in [4.78, 5) is 24.2. The van der Waals surface area contributed by atoms with E-state index in [2.05, 4.69) is 6.92 Å². The van der Waals surface area contributed by atoms with E-state index in [0.717, 1.165) is 44.9 Å². The molecule has 120 valence electrons. The predicted octanol–water partition coefficient (Wildman–Crippen LogP) is 2.21. The van der Waals surface area contributed by atoms with Gasteiger partial charge in [0.25, 0.3) is 0 Å². The zero-order chi connectivity index (χ0) is 14.8. The standard InChI is InChI=1S/C16H26O4.In.3H/c1-11-7-3-4-9-13(11)14(17)20-16(15(18)19)10-6-5-8-12(16)2;;;;/h11-13H,3-10H2,1-2H3,(H,18,19);;;;. The Hall–Kier alpha value is -0.190. The van der Waals surface area contributed by atoms with Crippen molar-refractivity contribution in [2.24, 2.45) is 17.8 Å². The molecule has 5 heteroatoms. The first-order valence-corrected chi connectivity index (χ1v) is 7.93. The summed E-state index contributed by atoms with van der Waals surface area (Å²) >= 11 is 0. The fourth-order valence-electron chi connectivity index (χ4n) is 3.75. The van der Waals surface area contributed by atoms with E-state index < -0.39 is 11.6 Å². The number of carboxylic acid groups (broad SMARTS) is 1. The average molecular weight is 400 g/mol. The van der Waals surface area contributed by atoms with Crippen LogP contribution in [-0.4, -0.2) is 48.5 Å². The molecule has 0 saturated heterocycles. The topological polar surface area (TPSA) is 63.6 Å². The van der Waals surface area contributed by atoms with E-state index in [1.165, 1.54) is 0 Å². The molecule has 1 N–H and O–H groups in total. The van der Waals surface area contributed by atoms with Crippen LogP contribution in [0.15, 0.2) is 0 Å². The third-order valence-corrected chi connectivity index (χ3v) is 5.29. The second-order valence-corrected chi connectivity index (χ2v) is 6.63. The number of esters is 1. The molecule has 2 saturated carbocycles. The van der Waals surface area contributed by atoms with Crippen molar-refractivity contribution >= 4 is 37.8 Å². The molecule has 4 atom stereocenters. The van der Waals surface area contributed by atoms with Crippen molar-refractivity contribution < 1.29 is 19.4 Å². The second-order valence-electron chi connectivity index (χ2n) is 6.63. The molecular weight excluding hydrogens is 371 g/mol. The molecule has 2 fully saturated rings. The van der Waals surface area contributed by atoms with Gasteiger partial charge in [-0.2, -0.15) is 0 Å². The molecule has 21 heavy (non-hydrogen) atoms. The molecule has 0 spiro atoms. The normalized spacial score (nSPS) is 36.4. The van der Waals surface area contributed by atoms with Gasteiger partial charge in [0.05, 0.1) is 5.92 Å². The van der Waals surface area contributed by atoms with Crippen LogP contribution in [-0.2, 0) is 14.3 Å². The average Bonchev–Trinajstić information content (AvgIpc) is 2.41. The first-order valence-electron chi connectivity index (χ1n) is 7.93. The maximum atomic E-state index is 12.4. The summed E-state index contributed by atoms with van der Waals surface area (Å²) in [5.74, 6) is -1.17. The van der Waals surface area contributed by atoms with Crippen LogP contribution in [0.4, 0.5) is 0 Å². The summed E-state index contributed by atoms with van der Waals surface area (Å²) in [5, 5.41) is 9.60. The van der Waals surface area contributed by atoms with Crippen LogP contribution in [0.5, 0.6) is 0 Å². The van der Waals surface area contributed by atoms with Gasteiger partial charge in [0.1, 0.15) is 0 Å². The fourth-order valence-corrected chi connectivity index (χ4v) is 3.75. The number of ether oxygens (including phenoxy) is 1. The molecule has 0 aromatic rings. The van der Waals surface area contributed by atoms with E-state index in [0.29, 0.717) is 12.3 Å². The molecule has 0 aromatic heterocycles. The molecule has 0 amide bonds. The van der Waals surface area contributed by atoms with Gasteiger partial charge in [-0.15, -0.1) is 0 Å². The van der Waals surface area contributed by atoms with Gasteiger partial charge in [0.15, 0.2) is 0 Å². The van der Waals surface area contributed by atoms with Gasteiger partial charge in [0, 0.05) is 5.92 Å². The van der Waals surface area contributed by atoms with Gasteiger partial charge in [-0.1, -0.05) is 33.1 Å². The Labute approximate surface area is 145 Å². The molecule has 0 aromatic carbocycles. The van der Waals surface area contributed by atoms with Gasteiger partial charge < -0.3 is 9.84 Å². The van der Waals surface area contributed by atoms with Crippen molar-refractivity contribution in [2.75, 3.05) is 0 Å². The Morgan fingerprint density at radius 2 is 1.67 bits per heavy atom.